The van der Waals surface area contributed by atoms with Crippen LogP contribution in [0.2, 0.25) is 0 Å². The Balaban J connectivity index is 2.41. The van der Waals surface area contributed by atoms with Gasteiger partial charge in [0.2, 0.25) is 5.91 Å². The van der Waals surface area contributed by atoms with Crippen LogP contribution in [-0.4, -0.2) is 29.2 Å². The number of nitrogens with zero attached hydrogens (tertiary/aromatic N) is 1. The number of rotatable bonds is 3. The Bertz CT molecular complexity index is 237. The van der Waals surface area contributed by atoms with E-state index in [2.05, 4.69) is 13.8 Å². The van der Waals surface area contributed by atoms with E-state index >= 15 is 0 Å². The van der Waals surface area contributed by atoms with Gasteiger partial charge in [-0.1, -0.05) is 6.92 Å². The largest absolute Gasteiger partial charge is 0.340 e. The van der Waals surface area contributed by atoms with Crippen molar-refractivity contribution < 1.29 is 9.59 Å². The van der Waals surface area contributed by atoms with Gasteiger partial charge in [0.05, 0.1) is 0 Å². The molecule has 2 atom stereocenters. The SMILES string of the molecule is CC(=O)CCC(=O)N1CC(C)CC1C. The van der Waals surface area contributed by atoms with Crippen LogP contribution >= 0.6 is 0 Å². The zero-order valence-electron chi connectivity index (χ0n) is 9.25. The van der Waals surface area contributed by atoms with Gasteiger partial charge in [-0.05, 0) is 26.2 Å². The molecule has 1 saturated heterocycles. The summed E-state index contributed by atoms with van der Waals surface area (Å²) in [6.45, 7) is 6.63. The first-order valence-corrected chi connectivity index (χ1v) is 5.29. The predicted molar refractivity (Wildman–Crippen MR) is 54.9 cm³/mol. The maximum absolute atomic E-state index is 11.7. The summed E-state index contributed by atoms with van der Waals surface area (Å²) in [5, 5.41) is 0. The maximum atomic E-state index is 11.7. The van der Waals surface area contributed by atoms with E-state index in [1.807, 2.05) is 4.90 Å². The van der Waals surface area contributed by atoms with Gasteiger partial charge in [-0.2, -0.15) is 0 Å². The van der Waals surface area contributed by atoms with Gasteiger partial charge in [0.25, 0.3) is 0 Å². The first kappa shape index (κ1) is 11.2. The average Bonchev–Trinajstić information content (AvgIpc) is 2.41. The van der Waals surface area contributed by atoms with Crippen LogP contribution in [0.3, 0.4) is 0 Å². The molecule has 0 spiro atoms. The van der Waals surface area contributed by atoms with Crippen LogP contribution in [-0.2, 0) is 9.59 Å². The summed E-state index contributed by atoms with van der Waals surface area (Å²) in [6.07, 6.45) is 1.86. The molecule has 0 aromatic rings. The molecular formula is C11H19NO2. The van der Waals surface area contributed by atoms with Crippen LogP contribution in [0, 0.1) is 5.92 Å². The highest BCUT2D eigenvalue weighted by atomic mass is 16.2. The fourth-order valence-corrected chi connectivity index (χ4v) is 2.07. The topological polar surface area (TPSA) is 37.4 Å². The predicted octanol–water partition coefficient (Wildman–Crippen LogP) is 1.61. The fourth-order valence-electron chi connectivity index (χ4n) is 2.07. The van der Waals surface area contributed by atoms with E-state index in [-0.39, 0.29) is 11.7 Å². The van der Waals surface area contributed by atoms with Gasteiger partial charge in [-0.3, -0.25) is 4.79 Å². The van der Waals surface area contributed by atoms with Gasteiger partial charge in [0, 0.05) is 25.4 Å². The van der Waals surface area contributed by atoms with Crippen LogP contribution in [0.25, 0.3) is 0 Å². The third-order valence-electron chi connectivity index (χ3n) is 2.80. The summed E-state index contributed by atoms with van der Waals surface area (Å²) >= 11 is 0. The maximum Gasteiger partial charge on any atom is 0.223 e. The molecular weight excluding hydrogens is 178 g/mol. The third-order valence-corrected chi connectivity index (χ3v) is 2.80. The molecule has 1 rings (SSSR count). The van der Waals surface area contributed by atoms with E-state index in [4.69, 9.17) is 0 Å². The molecule has 1 heterocycles. The molecule has 0 bridgehead atoms. The lowest BCUT2D eigenvalue weighted by molar-refractivity contribution is -0.133. The molecule has 0 N–H and O–H groups in total. The fraction of sp³-hybridized carbons (Fsp3) is 0.818. The molecule has 3 nitrogen and oxygen atoms in total. The van der Waals surface area contributed by atoms with Crippen molar-refractivity contribution in [2.24, 2.45) is 5.92 Å². The monoisotopic (exact) mass is 197 g/mol. The molecule has 0 saturated carbocycles. The van der Waals surface area contributed by atoms with Crippen LogP contribution in [0.4, 0.5) is 0 Å². The number of Topliss-reactive ketones (excluding diaryl/α,β-unsaturated/α-hetero) is 1. The molecule has 3 heteroatoms. The lowest BCUT2D eigenvalue weighted by Gasteiger charge is -2.21. The molecule has 1 fully saturated rings. The normalized spacial score (nSPS) is 26.6. The Hall–Kier alpha value is -0.860. The molecule has 2 unspecified atom stereocenters. The van der Waals surface area contributed by atoms with E-state index in [9.17, 15) is 9.59 Å². The smallest absolute Gasteiger partial charge is 0.223 e. The second-order valence-electron chi connectivity index (χ2n) is 4.44. The van der Waals surface area contributed by atoms with Crippen molar-refractivity contribution in [2.75, 3.05) is 6.54 Å². The minimum Gasteiger partial charge on any atom is -0.340 e. The molecule has 14 heavy (non-hydrogen) atoms. The van der Waals surface area contributed by atoms with Crippen LogP contribution < -0.4 is 0 Å². The molecule has 0 radical (unpaired) electrons. The Morgan fingerprint density at radius 1 is 1.29 bits per heavy atom. The van der Waals surface area contributed by atoms with Crippen molar-refractivity contribution in [3.63, 3.8) is 0 Å². The number of ketones is 1. The minimum atomic E-state index is 0.0956. The summed E-state index contributed by atoms with van der Waals surface area (Å²) in [4.78, 5) is 24.3. The second kappa shape index (κ2) is 4.58. The molecule has 80 valence electrons. The number of carbonyl (C=O) groups is 2. The zero-order chi connectivity index (χ0) is 10.7. The number of carbonyl (C=O) groups excluding carboxylic acids is 2. The quantitative estimate of drug-likeness (QED) is 0.689. The lowest BCUT2D eigenvalue weighted by Crippen LogP contribution is -2.33. The lowest BCUT2D eigenvalue weighted by atomic mass is 10.1. The standard InChI is InChI=1S/C11H19NO2/c1-8-6-9(2)12(7-8)11(14)5-4-10(3)13/h8-9H,4-7H2,1-3H3. The van der Waals surface area contributed by atoms with Crippen LogP contribution in [0.15, 0.2) is 0 Å². The van der Waals surface area contributed by atoms with Crippen molar-refractivity contribution in [3.05, 3.63) is 0 Å². The van der Waals surface area contributed by atoms with Gasteiger partial charge >= 0.3 is 0 Å². The zero-order valence-corrected chi connectivity index (χ0v) is 9.25. The Morgan fingerprint density at radius 3 is 2.36 bits per heavy atom. The Morgan fingerprint density at radius 2 is 1.93 bits per heavy atom. The first-order valence-electron chi connectivity index (χ1n) is 5.29. The minimum absolute atomic E-state index is 0.0956. The highest BCUT2D eigenvalue weighted by Gasteiger charge is 2.29. The van der Waals surface area contributed by atoms with Crippen molar-refractivity contribution >= 4 is 11.7 Å². The molecule has 1 aliphatic heterocycles. The van der Waals surface area contributed by atoms with Gasteiger partial charge in [-0.25, -0.2) is 0 Å². The summed E-state index contributed by atoms with van der Waals surface area (Å²) in [7, 11) is 0. The van der Waals surface area contributed by atoms with E-state index in [1.54, 1.807) is 0 Å². The molecule has 1 amide bonds. The first-order chi connectivity index (χ1) is 6.50. The summed E-state index contributed by atoms with van der Waals surface area (Å²) in [6, 6.07) is 0.351. The molecule has 1 aliphatic rings. The number of likely N-dealkylation sites (tertiary alicyclic amines) is 1. The summed E-state index contributed by atoms with van der Waals surface area (Å²) < 4.78 is 0. The van der Waals surface area contributed by atoms with Gasteiger partial charge in [-0.15, -0.1) is 0 Å². The number of amides is 1. The van der Waals surface area contributed by atoms with Crippen molar-refractivity contribution in [2.45, 2.75) is 46.1 Å². The highest BCUT2D eigenvalue weighted by molar-refractivity contribution is 5.83. The summed E-state index contributed by atoms with van der Waals surface area (Å²) in [5.41, 5.74) is 0. The van der Waals surface area contributed by atoms with Gasteiger partial charge < -0.3 is 9.69 Å². The van der Waals surface area contributed by atoms with Gasteiger partial charge in [0.1, 0.15) is 5.78 Å². The second-order valence-corrected chi connectivity index (χ2v) is 4.44. The van der Waals surface area contributed by atoms with E-state index in [0.29, 0.717) is 24.8 Å². The number of hydrogen-bond acceptors (Lipinski definition) is 2. The average molecular weight is 197 g/mol. The molecule has 0 aromatic heterocycles. The van der Waals surface area contributed by atoms with Crippen molar-refractivity contribution in [1.29, 1.82) is 0 Å². The van der Waals surface area contributed by atoms with Gasteiger partial charge in [0.15, 0.2) is 0 Å². The van der Waals surface area contributed by atoms with E-state index in [1.165, 1.54) is 6.92 Å². The highest BCUT2D eigenvalue weighted by Crippen LogP contribution is 2.23. The Labute approximate surface area is 85.5 Å². The van der Waals surface area contributed by atoms with Crippen LogP contribution in [0.1, 0.15) is 40.0 Å². The number of hydrogen-bond donors (Lipinski definition) is 0. The van der Waals surface area contributed by atoms with Crippen molar-refractivity contribution in [1.82, 2.24) is 4.90 Å². The third kappa shape index (κ3) is 2.82. The van der Waals surface area contributed by atoms with Crippen molar-refractivity contribution in [3.8, 4) is 0 Å². The molecule has 0 aromatic carbocycles. The Kier molecular flexibility index (Phi) is 3.67. The van der Waals surface area contributed by atoms with E-state index in [0.717, 1.165) is 13.0 Å². The van der Waals surface area contributed by atoms with E-state index < -0.39 is 0 Å². The molecule has 0 aliphatic carbocycles. The summed E-state index contributed by atoms with van der Waals surface area (Å²) in [5.74, 6) is 0.835. The van der Waals surface area contributed by atoms with Crippen LogP contribution in [0.5, 0.6) is 0 Å².